The first-order valence-corrected chi connectivity index (χ1v) is 19.7. The van der Waals surface area contributed by atoms with Gasteiger partial charge in [0.25, 0.3) is 20.2 Å². The van der Waals surface area contributed by atoms with E-state index in [0.717, 1.165) is 0 Å². The molecule has 0 heterocycles. The van der Waals surface area contributed by atoms with Gasteiger partial charge in [0.2, 0.25) is 0 Å². The summed E-state index contributed by atoms with van der Waals surface area (Å²) < 4.78 is 72.5. The molecule has 0 fully saturated rings. The van der Waals surface area contributed by atoms with Crippen molar-refractivity contribution in [1.29, 1.82) is 11.1 Å². The minimum Gasteiger partial charge on any atom is -0.321 e. The zero-order chi connectivity index (χ0) is 37.6. The third-order valence-corrected chi connectivity index (χ3v) is 13.3. The summed E-state index contributed by atoms with van der Waals surface area (Å²) in [6, 6.07) is 20.9. The highest BCUT2D eigenvalue weighted by atomic mass is 32.2. The van der Waals surface area contributed by atoms with E-state index >= 15 is 0 Å². The first kappa shape index (κ1) is 37.1. The van der Waals surface area contributed by atoms with Gasteiger partial charge in [-0.2, -0.15) is 27.1 Å². The first-order chi connectivity index (χ1) is 24.7. The van der Waals surface area contributed by atoms with Gasteiger partial charge >= 0.3 is 0 Å². The number of nitrogens with two attached hydrogens (primary N) is 2. The van der Waals surface area contributed by atoms with Gasteiger partial charge in [0, 0.05) is 0 Å². The smallest absolute Gasteiger partial charge is 0.281 e. The molecule has 0 spiro atoms. The summed E-state index contributed by atoms with van der Waals surface area (Å²) in [6.45, 7) is 3.88. The van der Waals surface area contributed by atoms with Gasteiger partial charge in [-0.1, -0.05) is 112 Å². The fraction of sp³-hybridized carbons (Fsp3) is 0.263. The van der Waals surface area contributed by atoms with Crippen LogP contribution in [0.5, 0.6) is 0 Å². The van der Waals surface area contributed by atoms with E-state index in [4.69, 9.17) is 22.5 Å². The summed E-state index contributed by atoms with van der Waals surface area (Å²) in [4.78, 5) is 0. The molecule has 0 amide bonds. The van der Waals surface area contributed by atoms with Crippen LogP contribution in [0.1, 0.15) is 71.2 Å². The van der Waals surface area contributed by atoms with Crippen LogP contribution in [0.4, 0.5) is 0 Å². The van der Waals surface area contributed by atoms with Crippen molar-refractivity contribution in [1.82, 2.24) is 0 Å². The van der Waals surface area contributed by atoms with Crippen LogP contribution in [0.15, 0.2) is 107 Å². The third-order valence-electron chi connectivity index (χ3n) is 10.3. The lowest BCUT2D eigenvalue weighted by atomic mass is 9.74. The van der Waals surface area contributed by atoms with Crippen LogP contribution in [0, 0.1) is 11.1 Å². The summed E-state index contributed by atoms with van der Waals surface area (Å²) in [5.41, 5.74) is 33.4. The normalized spacial score (nSPS) is 22.8. The summed E-state index contributed by atoms with van der Waals surface area (Å²) in [5, 5.41) is 7.10. The van der Waals surface area contributed by atoms with Gasteiger partial charge in [-0.3, -0.25) is 9.11 Å². The molecule has 4 atom stereocenters. The molecule has 8 N–H and O–H groups in total. The Hall–Kier alpha value is -4.70. The number of hydrogen-bond donors (Lipinski definition) is 6. The molecule has 4 aromatic carbocycles. The molecule has 0 bridgehead atoms. The molecule has 4 unspecified atom stereocenters. The molecule has 0 saturated carbocycles. The van der Waals surface area contributed by atoms with Crippen molar-refractivity contribution >= 4 is 32.4 Å². The quantitative estimate of drug-likeness (QED) is 0.0694. The molecule has 0 saturated heterocycles. The van der Waals surface area contributed by atoms with Crippen LogP contribution in [0.2, 0.25) is 0 Å². The Morgan fingerprint density at radius 2 is 0.981 bits per heavy atom. The number of fused-ring (bicyclic) bond motifs is 2. The number of nitrogens with zero attached hydrogens (tertiary/aromatic N) is 2. The van der Waals surface area contributed by atoms with Crippen molar-refractivity contribution in [2.45, 2.75) is 61.1 Å². The van der Waals surface area contributed by atoms with Gasteiger partial charge < -0.3 is 11.5 Å². The highest BCUT2D eigenvalue weighted by molar-refractivity contribution is 7.87. The SMILES string of the molecule is CCCc1cc(-c2ccc(C3(S(=O)(=O)O)c4ccccc4C=C(N=N)C3N)c(CCC)c2)ccc1C1(S(=O)(=O)O)c2ccccc2C=C(N=N)C1N. The second kappa shape index (κ2) is 13.7. The fourth-order valence-corrected chi connectivity index (χ4v) is 10.9. The first-order valence-electron chi connectivity index (χ1n) is 16.8. The van der Waals surface area contributed by atoms with E-state index in [1.807, 2.05) is 26.0 Å². The lowest BCUT2D eigenvalue weighted by molar-refractivity contribution is 0.422. The van der Waals surface area contributed by atoms with Gasteiger partial charge in [0.1, 0.15) is 0 Å². The minimum atomic E-state index is -4.98. The van der Waals surface area contributed by atoms with Crippen molar-refractivity contribution in [2.24, 2.45) is 21.7 Å². The van der Waals surface area contributed by atoms with Crippen LogP contribution in [0.25, 0.3) is 23.3 Å². The number of hydrogen-bond acceptors (Lipinski definition) is 10. The topological polar surface area (TPSA) is 233 Å². The molecule has 270 valence electrons. The Bertz CT molecular complexity index is 2230. The molecular weight excluding hydrogens is 701 g/mol. The maximum absolute atomic E-state index is 13.7. The third kappa shape index (κ3) is 5.49. The molecule has 2 aliphatic rings. The lowest BCUT2D eigenvalue weighted by Gasteiger charge is -2.41. The monoisotopic (exact) mass is 740 g/mol. The Morgan fingerprint density at radius 1 is 0.615 bits per heavy atom. The summed E-state index contributed by atoms with van der Waals surface area (Å²) >= 11 is 0. The number of rotatable bonds is 11. The van der Waals surface area contributed by atoms with E-state index in [0.29, 0.717) is 59.1 Å². The Balaban J connectivity index is 1.60. The van der Waals surface area contributed by atoms with Crippen molar-refractivity contribution in [2.75, 3.05) is 0 Å². The number of benzene rings is 4. The Kier molecular flexibility index (Phi) is 9.76. The van der Waals surface area contributed by atoms with Crippen LogP contribution in [0.3, 0.4) is 0 Å². The molecule has 0 radical (unpaired) electrons. The molecule has 52 heavy (non-hydrogen) atoms. The lowest BCUT2D eigenvalue weighted by Crippen LogP contribution is -2.54. The van der Waals surface area contributed by atoms with Crippen LogP contribution >= 0.6 is 0 Å². The van der Waals surface area contributed by atoms with Crippen molar-refractivity contribution in [3.8, 4) is 11.1 Å². The van der Waals surface area contributed by atoms with Crippen LogP contribution in [-0.4, -0.2) is 38.0 Å². The van der Waals surface area contributed by atoms with Crippen molar-refractivity contribution in [3.05, 3.63) is 141 Å². The predicted molar refractivity (Wildman–Crippen MR) is 200 cm³/mol. The molecule has 2 aliphatic carbocycles. The maximum atomic E-state index is 13.7. The van der Waals surface area contributed by atoms with Gasteiger partial charge in [0.15, 0.2) is 9.49 Å². The second-order valence-electron chi connectivity index (χ2n) is 13.2. The minimum absolute atomic E-state index is 0.00544. The molecule has 4 aromatic rings. The largest absolute Gasteiger partial charge is 0.321 e. The standard InChI is InChI=1S/C38H40N6O6S2/c1-3-9-25-19-23(15-17-31(25)37(51(45,46)47)29-13-7-5-11-27(29)21-33(43-41)35(37)39)24-16-18-32(26(20-24)10-4-2)38(52(48,49)50)30-14-8-6-12-28(30)22-34(44-42)36(38)40/h5-8,11-22,35-36,41-42H,3-4,9-10,39-40H2,1-2H3,(H,45,46,47)(H,48,49,50). The average molecular weight is 741 g/mol. The van der Waals surface area contributed by atoms with Crippen LogP contribution in [-0.2, 0) is 42.6 Å². The van der Waals surface area contributed by atoms with Crippen molar-refractivity contribution in [3.63, 3.8) is 0 Å². The molecule has 6 rings (SSSR count). The van der Waals surface area contributed by atoms with E-state index < -0.39 is 41.8 Å². The zero-order valence-electron chi connectivity index (χ0n) is 28.6. The molecular formula is C38H40N6O6S2. The van der Waals surface area contributed by atoms with Gasteiger partial charge in [0.05, 0.1) is 23.5 Å². The molecule has 0 aliphatic heterocycles. The van der Waals surface area contributed by atoms with Gasteiger partial charge in [-0.15, -0.1) is 0 Å². The van der Waals surface area contributed by atoms with Gasteiger partial charge in [-0.05, 0) is 80.6 Å². The summed E-state index contributed by atoms with van der Waals surface area (Å²) in [7, 11) is -9.96. The second-order valence-corrected chi connectivity index (χ2v) is 16.3. The van der Waals surface area contributed by atoms with E-state index in [9.17, 15) is 25.9 Å². The fourth-order valence-electron chi connectivity index (χ4n) is 8.10. The van der Waals surface area contributed by atoms with E-state index in [1.54, 1.807) is 84.9 Å². The van der Waals surface area contributed by atoms with E-state index in [1.165, 1.54) is 0 Å². The highest BCUT2D eigenvalue weighted by Gasteiger charge is 2.57. The van der Waals surface area contributed by atoms with Gasteiger partial charge in [-0.25, -0.2) is 11.1 Å². The summed E-state index contributed by atoms with van der Waals surface area (Å²) in [5.74, 6) is 0. The average Bonchev–Trinajstić information content (AvgIpc) is 3.11. The molecule has 0 aromatic heterocycles. The summed E-state index contributed by atoms with van der Waals surface area (Å²) in [6.07, 6.45) is 5.16. The Morgan fingerprint density at radius 3 is 1.31 bits per heavy atom. The van der Waals surface area contributed by atoms with Crippen molar-refractivity contribution < 1.29 is 25.9 Å². The molecule has 12 nitrogen and oxygen atoms in total. The predicted octanol–water partition coefficient (Wildman–Crippen LogP) is 6.95. The number of aryl methyl sites for hydroxylation is 2. The maximum Gasteiger partial charge on any atom is 0.281 e. The van der Waals surface area contributed by atoms with E-state index in [-0.39, 0.29) is 33.6 Å². The molecule has 14 heteroatoms. The van der Waals surface area contributed by atoms with E-state index in [2.05, 4.69) is 10.2 Å². The highest BCUT2D eigenvalue weighted by Crippen LogP contribution is 2.51. The Labute approximate surface area is 303 Å². The van der Waals surface area contributed by atoms with Crippen LogP contribution < -0.4 is 11.5 Å². The number of nitrogens with one attached hydrogen (secondary N) is 2. The zero-order valence-corrected chi connectivity index (χ0v) is 30.2.